The van der Waals surface area contributed by atoms with Gasteiger partial charge in [0.1, 0.15) is 26.4 Å². The number of carbonyl (C=O) groups excluding carboxylic acids is 4. The van der Waals surface area contributed by atoms with Crippen molar-refractivity contribution in [1.29, 1.82) is 0 Å². The molecule has 0 aromatic heterocycles. The Morgan fingerprint density at radius 2 is 0.625 bits per heavy atom. The van der Waals surface area contributed by atoms with Crippen LogP contribution in [-0.2, 0) is 64.6 Å². The van der Waals surface area contributed by atoms with Crippen molar-refractivity contribution in [1.82, 2.24) is 0 Å². The smallest absolute Gasteiger partial charge is 0.302 e. The van der Waals surface area contributed by atoms with Crippen molar-refractivity contribution in [2.24, 2.45) is 0 Å². The molecular weight excluding hydrogens is 512 g/mol. The van der Waals surface area contributed by atoms with Crippen LogP contribution in [0, 0.1) is 0 Å². The van der Waals surface area contributed by atoms with Gasteiger partial charge in [0.15, 0.2) is 0 Å². The average Bonchev–Trinajstić information content (AvgIpc) is 2.91. The first kappa shape index (κ1) is 26.9. The molecule has 0 saturated heterocycles. The van der Waals surface area contributed by atoms with Crippen LogP contribution in [0.3, 0.4) is 0 Å². The predicted molar refractivity (Wildman–Crippen MR) is 150 cm³/mol. The molecule has 0 bridgehead atoms. The molecule has 5 aromatic carbocycles. The van der Waals surface area contributed by atoms with Crippen LogP contribution in [0.1, 0.15) is 49.9 Å². The molecule has 5 rings (SSSR count). The maximum atomic E-state index is 11.6. The zero-order chi connectivity index (χ0) is 28.6. The SMILES string of the molecule is CC(=O)OCc1ccc2c3ccc(COC(C)=O)c4c(COC(C)=O)ccc(c5ccc(COC(C)=O)c1c25)c43. The lowest BCUT2D eigenvalue weighted by molar-refractivity contribution is -0.143. The van der Waals surface area contributed by atoms with Gasteiger partial charge in [-0.25, -0.2) is 0 Å². The molecule has 5 aromatic rings. The maximum absolute atomic E-state index is 11.6. The fourth-order valence-corrected chi connectivity index (χ4v) is 5.38. The Kier molecular flexibility index (Phi) is 7.26. The summed E-state index contributed by atoms with van der Waals surface area (Å²) in [6, 6.07) is 15.7. The molecule has 0 atom stereocenters. The molecule has 8 nitrogen and oxygen atoms in total. The second-order valence-electron chi connectivity index (χ2n) is 9.71. The minimum atomic E-state index is -0.391. The van der Waals surface area contributed by atoms with E-state index >= 15 is 0 Å². The van der Waals surface area contributed by atoms with Crippen molar-refractivity contribution in [2.45, 2.75) is 54.1 Å². The fourth-order valence-electron chi connectivity index (χ4n) is 5.38. The summed E-state index contributed by atoms with van der Waals surface area (Å²) in [5, 5.41) is 7.50. The van der Waals surface area contributed by atoms with E-state index in [-0.39, 0.29) is 26.4 Å². The number of esters is 4. The van der Waals surface area contributed by atoms with E-state index in [4.69, 9.17) is 18.9 Å². The van der Waals surface area contributed by atoms with Gasteiger partial charge in [-0.05, 0) is 65.3 Å². The molecule has 0 aliphatic carbocycles. The standard InChI is InChI=1S/C32H28O8/c1-17(33)37-13-21-5-9-25-27-11-7-23(15-39-19(3)35)30-24(16-40-20(4)36)8-12-28(32(27)30)26-10-6-22(14-38-18(2)34)29(21)31(25)26/h5-12H,13-16H2,1-4H3. The number of ether oxygens (including phenoxy) is 4. The minimum Gasteiger partial charge on any atom is -0.461 e. The second-order valence-corrected chi connectivity index (χ2v) is 9.71. The first-order valence-electron chi connectivity index (χ1n) is 12.8. The monoisotopic (exact) mass is 540 g/mol. The summed E-state index contributed by atoms with van der Waals surface area (Å²) in [5.74, 6) is -1.56. The molecule has 0 aliphatic heterocycles. The third-order valence-corrected chi connectivity index (χ3v) is 6.97. The zero-order valence-electron chi connectivity index (χ0n) is 22.7. The number of hydrogen-bond acceptors (Lipinski definition) is 8. The molecule has 0 radical (unpaired) electrons. The lowest BCUT2D eigenvalue weighted by Crippen LogP contribution is -2.05. The summed E-state index contributed by atoms with van der Waals surface area (Å²) in [7, 11) is 0. The topological polar surface area (TPSA) is 105 Å². The van der Waals surface area contributed by atoms with Crippen molar-refractivity contribution in [3.63, 3.8) is 0 Å². The van der Waals surface area contributed by atoms with Crippen LogP contribution in [0.4, 0.5) is 0 Å². The van der Waals surface area contributed by atoms with Gasteiger partial charge >= 0.3 is 23.9 Å². The van der Waals surface area contributed by atoms with Crippen molar-refractivity contribution in [2.75, 3.05) is 0 Å². The molecule has 0 unspecified atom stereocenters. The number of carbonyl (C=O) groups is 4. The second kappa shape index (κ2) is 10.8. The van der Waals surface area contributed by atoms with Crippen LogP contribution < -0.4 is 0 Å². The average molecular weight is 541 g/mol. The molecule has 8 heteroatoms. The van der Waals surface area contributed by atoms with E-state index in [1.54, 1.807) is 0 Å². The third kappa shape index (κ3) is 5.00. The molecular formula is C32H28O8. The maximum Gasteiger partial charge on any atom is 0.302 e. The van der Waals surface area contributed by atoms with Crippen LogP contribution >= 0.6 is 0 Å². The van der Waals surface area contributed by atoms with Crippen molar-refractivity contribution in [3.05, 3.63) is 70.8 Å². The lowest BCUT2D eigenvalue weighted by atomic mass is 9.84. The first-order chi connectivity index (χ1) is 19.2. The van der Waals surface area contributed by atoms with Gasteiger partial charge in [0.25, 0.3) is 0 Å². The summed E-state index contributed by atoms with van der Waals surface area (Å²) in [5.41, 5.74) is 3.21. The van der Waals surface area contributed by atoms with Gasteiger partial charge in [-0.3, -0.25) is 19.2 Å². The van der Waals surface area contributed by atoms with Crippen LogP contribution in [0.15, 0.2) is 48.5 Å². The van der Waals surface area contributed by atoms with Crippen LogP contribution in [0.5, 0.6) is 0 Å². The summed E-state index contributed by atoms with van der Waals surface area (Å²) in [6.07, 6.45) is 0. The largest absolute Gasteiger partial charge is 0.461 e. The predicted octanol–water partition coefficient (Wildman–Crippen LogP) is 5.99. The van der Waals surface area contributed by atoms with Gasteiger partial charge in [-0.1, -0.05) is 48.5 Å². The fraction of sp³-hybridized carbons (Fsp3) is 0.250. The van der Waals surface area contributed by atoms with Gasteiger partial charge in [-0.2, -0.15) is 0 Å². The van der Waals surface area contributed by atoms with Gasteiger partial charge < -0.3 is 18.9 Å². The Hall–Kier alpha value is -4.72. The first-order valence-corrected chi connectivity index (χ1v) is 12.8. The van der Waals surface area contributed by atoms with E-state index in [1.807, 2.05) is 48.5 Å². The van der Waals surface area contributed by atoms with E-state index in [2.05, 4.69) is 0 Å². The summed E-state index contributed by atoms with van der Waals surface area (Å²) >= 11 is 0. The number of fused-ring (bicyclic) bond motifs is 2. The highest BCUT2D eigenvalue weighted by molar-refractivity contribution is 6.34. The Balaban J connectivity index is 1.86. The number of hydrogen-bond donors (Lipinski definition) is 0. The lowest BCUT2D eigenvalue weighted by Gasteiger charge is -2.21. The highest BCUT2D eigenvalue weighted by Crippen LogP contribution is 2.44. The zero-order valence-corrected chi connectivity index (χ0v) is 22.7. The molecule has 0 heterocycles. The van der Waals surface area contributed by atoms with Crippen LogP contribution in [-0.4, -0.2) is 23.9 Å². The van der Waals surface area contributed by atoms with E-state index in [1.165, 1.54) is 27.7 Å². The van der Waals surface area contributed by atoms with E-state index in [0.717, 1.165) is 65.3 Å². The molecule has 0 amide bonds. The molecule has 0 N–H and O–H groups in total. The summed E-state index contributed by atoms with van der Waals surface area (Å²) < 4.78 is 21.5. The third-order valence-electron chi connectivity index (χ3n) is 6.97. The normalized spacial score (nSPS) is 11.3. The summed E-state index contributed by atoms with van der Waals surface area (Å²) in [6.45, 7) is 5.76. The Bertz CT molecular complexity index is 1560. The van der Waals surface area contributed by atoms with Gasteiger partial charge in [-0.15, -0.1) is 0 Å². The molecule has 0 saturated carbocycles. The molecule has 40 heavy (non-hydrogen) atoms. The molecule has 204 valence electrons. The van der Waals surface area contributed by atoms with E-state index in [9.17, 15) is 19.2 Å². The van der Waals surface area contributed by atoms with Gasteiger partial charge in [0, 0.05) is 27.7 Å². The minimum absolute atomic E-state index is 0.0769. The van der Waals surface area contributed by atoms with Crippen molar-refractivity contribution in [3.8, 4) is 0 Å². The van der Waals surface area contributed by atoms with Gasteiger partial charge in [0.05, 0.1) is 0 Å². The Morgan fingerprint density at radius 1 is 0.400 bits per heavy atom. The summed E-state index contributed by atoms with van der Waals surface area (Å²) in [4.78, 5) is 46.6. The molecule has 0 spiro atoms. The van der Waals surface area contributed by atoms with Crippen molar-refractivity contribution < 1.29 is 38.1 Å². The van der Waals surface area contributed by atoms with Crippen molar-refractivity contribution >= 4 is 67.0 Å². The van der Waals surface area contributed by atoms with E-state index < -0.39 is 23.9 Å². The Morgan fingerprint density at radius 3 is 0.825 bits per heavy atom. The Labute approximate surface area is 230 Å². The van der Waals surface area contributed by atoms with Crippen LogP contribution in [0.25, 0.3) is 43.1 Å². The quantitative estimate of drug-likeness (QED) is 0.102. The van der Waals surface area contributed by atoms with E-state index in [0.29, 0.717) is 0 Å². The van der Waals surface area contributed by atoms with Gasteiger partial charge in [0.2, 0.25) is 0 Å². The number of rotatable bonds is 8. The highest BCUT2D eigenvalue weighted by atomic mass is 16.5. The molecule has 0 aliphatic rings. The number of benzene rings is 5. The van der Waals surface area contributed by atoms with Crippen LogP contribution in [0.2, 0.25) is 0 Å². The highest BCUT2D eigenvalue weighted by Gasteiger charge is 2.21. The molecule has 0 fully saturated rings.